The van der Waals surface area contributed by atoms with Crippen LogP contribution in [-0.2, 0) is 4.79 Å². The van der Waals surface area contributed by atoms with Crippen molar-refractivity contribution in [1.82, 2.24) is 0 Å². The normalized spacial score (nSPS) is 15.1. The summed E-state index contributed by atoms with van der Waals surface area (Å²) in [6, 6.07) is 4.38. The van der Waals surface area contributed by atoms with E-state index in [0.717, 1.165) is 24.7 Å². The van der Waals surface area contributed by atoms with Crippen molar-refractivity contribution >= 4 is 12.4 Å². The summed E-state index contributed by atoms with van der Waals surface area (Å²) in [4.78, 5) is 10.6. The Morgan fingerprint density at radius 2 is 1.05 bits per heavy atom. The number of hydrogen-bond donors (Lipinski definition) is 0. The highest BCUT2D eigenvalue weighted by atomic mass is 16.1. The molecule has 0 aliphatic heterocycles. The topological polar surface area (TPSA) is 17.1 Å². The van der Waals surface area contributed by atoms with Crippen molar-refractivity contribution in [2.24, 2.45) is 0 Å². The molecule has 216 valence electrons. The van der Waals surface area contributed by atoms with Gasteiger partial charge in [-0.3, -0.25) is 4.79 Å². The van der Waals surface area contributed by atoms with E-state index in [4.69, 9.17) is 0 Å². The van der Waals surface area contributed by atoms with Crippen LogP contribution < -0.4 is 0 Å². The van der Waals surface area contributed by atoms with E-state index in [-0.39, 0.29) is 0 Å². The zero-order chi connectivity index (χ0) is 30.6. The smallest absolute Gasteiger partial charge is 0.145 e. The minimum atomic E-state index is 0.796. The van der Waals surface area contributed by atoms with Crippen LogP contribution in [-0.4, -0.2) is 6.29 Å². The van der Waals surface area contributed by atoms with Gasteiger partial charge < -0.3 is 0 Å². The highest BCUT2D eigenvalue weighted by Crippen LogP contribution is 2.19. The molecule has 1 aromatic carbocycles. The molecule has 0 heterocycles. The van der Waals surface area contributed by atoms with Crippen LogP contribution in [0.15, 0.2) is 137 Å². The van der Waals surface area contributed by atoms with E-state index in [1.165, 1.54) is 50.1 Å². The molecule has 0 bridgehead atoms. The van der Waals surface area contributed by atoms with Gasteiger partial charge in [0.05, 0.1) is 0 Å². The van der Waals surface area contributed by atoms with E-state index in [1.807, 2.05) is 13.0 Å². The molecule has 0 fully saturated rings. The maximum atomic E-state index is 10.6. The Balaban J connectivity index is 2.59. The van der Waals surface area contributed by atoms with Crippen molar-refractivity contribution in [1.29, 1.82) is 0 Å². The van der Waals surface area contributed by atoms with E-state index in [0.29, 0.717) is 0 Å². The first kappa shape index (κ1) is 35.1. The molecule has 0 aliphatic rings. The monoisotopic (exact) mass is 546 g/mol. The molecule has 1 heteroatoms. The second-order valence-electron chi connectivity index (χ2n) is 10.8. The Hall–Kier alpha value is -3.97. The first-order valence-electron chi connectivity index (χ1n) is 14.5. The van der Waals surface area contributed by atoms with Crippen LogP contribution in [0.4, 0.5) is 0 Å². The summed E-state index contributed by atoms with van der Waals surface area (Å²) < 4.78 is 0. The summed E-state index contributed by atoms with van der Waals surface area (Å²) in [7, 11) is 0. The summed E-state index contributed by atoms with van der Waals surface area (Å²) in [6.07, 6.45) is 36.5. The van der Waals surface area contributed by atoms with Gasteiger partial charge in [-0.2, -0.15) is 0 Å². The second-order valence-corrected chi connectivity index (χ2v) is 10.8. The summed E-state index contributed by atoms with van der Waals surface area (Å²) in [5.41, 5.74) is 12.2. The third-order valence-electron chi connectivity index (χ3n) is 6.71. The lowest BCUT2D eigenvalue weighted by Gasteiger charge is -2.08. The van der Waals surface area contributed by atoms with Crippen molar-refractivity contribution in [3.8, 4) is 0 Å². The fourth-order valence-electron chi connectivity index (χ4n) is 3.81. The fourth-order valence-corrected chi connectivity index (χ4v) is 3.81. The molecule has 0 saturated heterocycles. The maximum absolute atomic E-state index is 10.6. The van der Waals surface area contributed by atoms with Crippen molar-refractivity contribution < 1.29 is 4.79 Å². The molecule has 0 radical (unpaired) electrons. The van der Waals surface area contributed by atoms with Gasteiger partial charge in [-0.1, -0.05) is 137 Å². The van der Waals surface area contributed by atoms with Gasteiger partial charge in [-0.25, -0.2) is 0 Å². The van der Waals surface area contributed by atoms with E-state index in [9.17, 15) is 4.79 Å². The molecular weight excluding hydrogens is 496 g/mol. The van der Waals surface area contributed by atoms with Crippen molar-refractivity contribution in [2.45, 2.75) is 75.2 Å². The molecular formula is C40H50O. The zero-order valence-corrected chi connectivity index (χ0v) is 26.8. The molecule has 41 heavy (non-hydrogen) atoms. The Labute approximate surface area is 250 Å². The molecule has 0 amide bonds. The number of rotatable bonds is 14. The van der Waals surface area contributed by atoms with Gasteiger partial charge in [0, 0.05) is 0 Å². The summed E-state index contributed by atoms with van der Waals surface area (Å²) >= 11 is 0. The van der Waals surface area contributed by atoms with E-state index in [1.54, 1.807) is 0 Å². The third-order valence-corrected chi connectivity index (χ3v) is 6.71. The number of benzene rings is 1. The van der Waals surface area contributed by atoms with Gasteiger partial charge >= 0.3 is 0 Å². The predicted octanol–water partition coefficient (Wildman–Crippen LogP) is 11.5. The number of allylic oxidation sites excluding steroid dienone is 21. The molecule has 0 atom stereocenters. The maximum Gasteiger partial charge on any atom is 0.145 e. The highest BCUT2D eigenvalue weighted by Gasteiger charge is 2.01. The van der Waals surface area contributed by atoms with E-state index >= 15 is 0 Å². The molecule has 0 aromatic heterocycles. The Morgan fingerprint density at radius 3 is 1.59 bits per heavy atom. The first-order valence-corrected chi connectivity index (χ1v) is 14.5. The van der Waals surface area contributed by atoms with Crippen LogP contribution in [0.1, 0.15) is 76.6 Å². The van der Waals surface area contributed by atoms with Gasteiger partial charge in [-0.15, -0.1) is 0 Å². The molecule has 0 N–H and O–H groups in total. The lowest BCUT2D eigenvalue weighted by molar-refractivity contribution is -0.104. The van der Waals surface area contributed by atoms with E-state index in [2.05, 4.69) is 159 Å². The molecule has 0 spiro atoms. The number of carbonyl (C=O) groups is 1. The van der Waals surface area contributed by atoms with Crippen molar-refractivity contribution in [3.05, 3.63) is 159 Å². The van der Waals surface area contributed by atoms with Gasteiger partial charge in [0.15, 0.2) is 0 Å². The van der Waals surface area contributed by atoms with Crippen LogP contribution in [0.5, 0.6) is 0 Å². The summed E-state index contributed by atoms with van der Waals surface area (Å²) in [5, 5.41) is 0. The number of hydrogen-bond acceptors (Lipinski definition) is 1. The van der Waals surface area contributed by atoms with Gasteiger partial charge in [0.25, 0.3) is 0 Å². The highest BCUT2D eigenvalue weighted by molar-refractivity contribution is 5.71. The van der Waals surface area contributed by atoms with Crippen molar-refractivity contribution in [3.63, 3.8) is 0 Å². The average molecular weight is 547 g/mol. The average Bonchev–Trinajstić information content (AvgIpc) is 2.93. The van der Waals surface area contributed by atoms with Gasteiger partial charge in [0.1, 0.15) is 6.29 Å². The second kappa shape index (κ2) is 20.0. The van der Waals surface area contributed by atoms with Crippen LogP contribution in [0, 0.1) is 20.8 Å². The van der Waals surface area contributed by atoms with Crippen molar-refractivity contribution in [2.75, 3.05) is 0 Å². The standard InChI is InChI=1S/C40H50O/c1-31(18-12-20-33(3)21-13-22-34(4)23-15-25-36(6)30-41)16-10-11-17-32(2)19-14-24-35(5)26-29-40-38(8)28-27-37(7)39(40)9/h10-14,16-22,24-30H,15,23H2,1-9H3/b11-10+,18-12+,19-14+,21-13+,29-26+,31-16+,32-17+,33-20+,34-22+,35-24+,36-25+. The third kappa shape index (κ3) is 16.0. The summed E-state index contributed by atoms with van der Waals surface area (Å²) in [5.74, 6) is 0. The Bertz CT molecular complexity index is 1350. The molecule has 0 unspecified atom stereocenters. The quantitative estimate of drug-likeness (QED) is 0.129. The Kier molecular flexibility index (Phi) is 17.1. The van der Waals surface area contributed by atoms with Crippen LogP contribution in [0.2, 0.25) is 0 Å². The fraction of sp³-hybridized carbons (Fsp3) is 0.275. The molecule has 0 aliphatic carbocycles. The largest absolute Gasteiger partial charge is 0.298 e. The number of carbonyl (C=O) groups excluding carboxylic acids is 1. The van der Waals surface area contributed by atoms with Gasteiger partial charge in [0.2, 0.25) is 0 Å². The lowest BCUT2D eigenvalue weighted by atomic mass is 9.97. The van der Waals surface area contributed by atoms with Crippen LogP contribution >= 0.6 is 0 Å². The molecule has 1 nitrogen and oxygen atoms in total. The Morgan fingerprint density at radius 1 is 0.585 bits per heavy atom. The lowest BCUT2D eigenvalue weighted by Crippen LogP contribution is -1.89. The number of aryl methyl sites for hydroxylation is 2. The molecule has 1 rings (SSSR count). The van der Waals surface area contributed by atoms with Gasteiger partial charge in [-0.05, 0) is 103 Å². The summed E-state index contributed by atoms with van der Waals surface area (Å²) in [6.45, 7) is 18.9. The van der Waals surface area contributed by atoms with E-state index < -0.39 is 0 Å². The van der Waals surface area contributed by atoms with Crippen LogP contribution in [0.3, 0.4) is 0 Å². The first-order chi connectivity index (χ1) is 19.5. The number of aldehydes is 1. The predicted molar refractivity (Wildman–Crippen MR) is 184 cm³/mol. The minimum Gasteiger partial charge on any atom is -0.298 e. The molecule has 1 aromatic rings. The zero-order valence-electron chi connectivity index (χ0n) is 26.8. The minimum absolute atomic E-state index is 0.796. The SMILES string of the molecule is C/C(C=O)=C\CC/C(C)=C/C=C/C(C)=C/C=C/C(C)=C/C=C/C=C(C)/C=C/C=C(C)/C=C/c1c(C)ccc(C)c1C. The van der Waals surface area contributed by atoms with Crippen LogP contribution in [0.25, 0.3) is 6.08 Å². The molecule has 0 saturated carbocycles.